The molecule has 20 heavy (non-hydrogen) atoms. The molecule has 1 aromatic carbocycles. The van der Waals surface area contributed by atoms with Gasteiger partial charge < -0.3 is 10.4 Å². The molecule has 0 spiro atoms. The van der Waals surface area contributed by atoms with Crippen LogP contribution in [0.25, 0.3) is 0 Å². The molecule has 0 radical (unpaired) electrons. The molecule has 2 unspecified atom stereocenters. The lowest BCUT2D eigenvalue weighted by molar-refractivity contribution is -0.143. The average molecular weight is 452 g/mol. The predicted molar refractivity (Wildman–Crippen MR) is 87.7 cm³/mol. The van der Waals surface area contributed by atoms with Gasteiger partial charge in [-0.25, -0.2) is 0 Å². The summed E-state index contributed by atoms with van der Waals surface area (Å²) < 4.78 is 1.69. The van der Waals surface area contributed by atoms with Gasteiger partial charge in [0.05, 0.1) is 11.5 Å². The maximum Gasteiger partial charge on any atom is 0.308 e. The fourth-order valence-corrected chi connectivity index (χ4v) is 3.43. The van der Waals surface area contributed by atoms with Crippen molar-refractivity contribution in [3.63, 3.8) is 0 Å². The molecule has 0 bridgehead atoms. The van der Waals surface area contributed by atoms with Gasteiger partial charge in [-0.15, -0.1) is 0 Å². The van der Waals surface area contributed by atoms with Crippen LogP contribution in [0.2, 0.25) is 0 Å². The molecule has 0 saturated heterocycles. The number of amides is 1. The van der Waals surface area contributed by atoms with Gasteiger partial charge in [0.2, 0.25) is 0 Å². The van der Waals surface area contributed by atoms with Gasteiger partial charge >= 0.3 is 5.97 Å². The Kier molecular flexibility index (Phi) is 5.42. The first-order valence-corrected chi connectivity index (χ1v) is 8.35. The minimum absolute atomic E-state index is 0.214. The van der Waals surface area contributed by atoms with Crippen LogP contribution in [0.1, 0.15) is 36.0 Å². The first kappa shape index (κ1) is 15.8. The Balaban J connectivity index is 2.13. The maximum absolute atomic E-state index is 12.3. The summed E-state index contributed by atoms with van der Waals surface area (Å²) in [6.45, 7) is 0. The van der Waals surface area contributed by atoms with E-state index in [0.717, 1.165) is 27.3 Å². The number of benzene rings is 1. The van der Waals surface area contributed by atoms with Gasteiger partial charge in [-0.1, -0.05) is 12.8 Å². The van der Waals surface area contributed by atoms with E-state index in [1.54, 1.807) is 6.07 Å². The van der Waals surface area contributed by atoms with Crippen LogP contribution in [0.5, 0.6) is 0 Å². The molecule has 0 aliphatic heterocycles. The number of carboxylic acids is 1. The fraction of sp³-hybridized carbons (Fsp3) is 0.429. The number of nitrogens with one attached hydrogen (secondary N) is 1. The van der Waals surface area contributed by atoms with Gasteiger partial charge in [-0.2, -0.15) is 0 Å². The van der Waals surface area contributed by atoms with E-state index in [1.807, 2.05) is 12.1 Å². The zero-order valence-electron chi connectivity index (χ0n) is 10.7. The molecule has 0 aromatic heterocycles. The molecule has 0 heterocycles. The smallest absolute Gasteiger partial charge is 0.308 e. The Labute approximate surface area is 139 Å². The van der Waals surface area contributed by atoms with E-state index in [0.29, 0.717) is 12.0 Å². The number of hydrogen-bond donors (Lipinski definition) is 2. The third-order valence-electron chi connectivity index (χ3n) is 3.57. The summed E-state index contributed by atoms with van der Waals surface area (Å²) in [7, 11) is 0. The van der Waals surface area contributed by atoms with Crippen LogP contribution in [0.4, 0.5) is 0 Å². The number of carbonyl (C=O) groups excluding carboxylic acids is 1. The molecule has 1 saturated carbocycles. The highest BCUT2D eigenvalue weighted by Gasteiger charge is 2.32. The molecule has 1 aromatic rings. The van der Waals surface area contributed by atoms with E-state index in [9.17, 15) is 14.7 Å². The molecule has 2 rings (SSSR count). The predicted octanol–water partition coefficient (Wildman–Crippen LogP) is 3.43. The van der Waals surface area contributed by atoms with E-state index in [1.165, 1.54) is 0 Å². The molecule has 1 aliphatic carbocycles. The number of carboxylic acid groups (broad SMARTS) is 1. The summed E-state index contributed by atoms with van der Waals surface area (Å²) in [5.41, 5.74) is 0.548. The third kappa shape index (κ3) is 3.72. The quantitative estimate of drug-likeness (QED) is 0.692. The minimum atomic E-state index is -0.822. The standard InChI is InChI=1S/C14H15BrINO3/c15-11-6-5-8(16)7-10(11)13(18)17-12-4-2-1-3-9(12)14(19)20/h5-7,9,12H,1-4H2,(H,17,18)(H,19,20). The summed E-state index contributed by atoms with van der Waals surface area (Å²) in [5.74, 6) is -1.51. The summed E-state index contributed by atoms with van der Waals surface area (Å²) >= 11 is 5.51. The highest BCUT2D eigenvalue weighted by molar-refractivity contribution is 14.1. The van der Waals surface area contributed by atoms with Crippen LogP contribution in [-0.2, 0) is 4.79 Å². The summed E-state index contributed by atoms with van der Waals surface area (Å²) in [6, 6.07) is 5.24. The van der Waals surface area contributed by atoms with Crippen molar-refractivity contribution >= 4 is 50.4 Å². The molecular weight excluding hydrogens is 437 g/mol. The van der Waals surface area contributed by atoms with Crippen LogP contribution in [0, 0.1) is 9.49 Å². The van der Waals surface area contributed by atoms with Gasteiger partial charge in [0, 0.05) is 14.1 Å². The topological polar surface area (TPSA) is 66.4 Å². The SMILES string of the molecule is O=C(NC1CCCCC1C(=O)O)c1cc(I)ccc1Br. The Morgan fingerprint density at radius 1 is 1.30 bits per heavy atom. The van der Waals surface area contributed by atoms with E-state index in [-0.39, 0.29) is 11.9 Å². The molecule has 2 N–H and O–H groups in total. The molecule has 6 heteroatoms. The lowest BCUT2D eigenvalue weighted by atomic mass is 9.84. The maximum atomic E-state index is 12.3. The minimum Gasteiger partial charge on any atom is -0.481 e. The highest BCUT2D eigenvalue weighted by Crippen LogP contribution is 2.26. The molecule has 108 valence electrons. The summed E-state index contributed by atoms with van der Waals surface area (Å²) in [4.78, 5) is 23.6. The van der Waals surface area contributed by atoms with Crippen molar-refractivity contribution in [2.24, 2.45) is 5.92 Å². The van der Waals surface area contributed by atoms with E-state index in [2.05, 4.69) is 43.8 Å². The van der Waals surface area contributed by atoms with Crippen molar-refractivity contribution < 1.29 is 14.7 Å². The van der Waals surface area contributed by atoms with Crippen molar-refractivity contribution in [2.75, 3.05) is 0 Å². The summed E-state index contributed by atoms with van der Waals surface area (Å²) in [6.07, 6.45) is 3.23. The number of hydrogen-bond acceptors (Lipinski definition) is 2. The second kappa shape index (κ2) is 6.89. The number of carbonyl (C=O) groups is 2. The Hall–Kier alpha value is -0.630. The Morgan fingerprint density at radius 2 is 2.00 bits per heavy atom. The van der Waals surface area contributed by atoms with Crippen molar-refractivity contribution in [2.45, 2.75) is 31.7 Å². The van der Waals surface area contributed by atoms with E-state index >= 15 is 0 Å². The summed E-state index contributed by atoms with van der Waals surface area (Å²) in [5, 5.41) is 12.1. The van der Waals surface area contributed by atoms with Crippen molar-refractivity contribution in [3.05, 3.63) is 31.8 Å². The second-order valence-electron chi connectivity index (χ2n) is 4.93. The lowest BCUT2D eigenvalue weighted by Crippen LogP contribution is -2.45. The zero-order chi connectivity index (χ0) is 14.7. The lowest BCUT2D eigenvalue weighted by Gasteiger charge is -2.29. The number of rotatable bonds is 3. The van der Waals surface area contributed by atoms with Crippen molar-refractivity contribution in [1.82, 2.24) is 5.32 Å². The van der Waals surface area contributed by atoms with Gasteiger partial charge in [-0.3, -0.25) is 9.59 Å². The molecule has 1 amide bonds. The molecular formula is C14H15BrINO3. The number of aliphatic carboxylic acids is 1. The Bertz CT molecular complexity index is 535. The fourth-order valence-electron chi connectivity index (χ4n) is 2.52. The zero-order valence-corrected chi connectivity index (χ0v) is 14.5. The first-order valence-electron chi connectivity index (χ1n) is 6.48. The van der Waals surface area contributed by atoms with E-state index < -0.39 is 11.9 Å². The van der Waals surface area contributed by atoms with Gasteiger partial charge in [0.1, 0.15) is 0 Å². The van der Waals surface area contributed by atoms with Crippen LogP contribution >= 0.6 is 38.5 Å². The first-order chi connectivity index (χ1) is 9.49. The van der Waals surface area contributed by atoms with Crippen LogP contribution < -0.4 is 5.32 Å². The van der Waals surface area contributed by atoms with Crippen LogP contribution in [0.15, 0.2) is 22.7 Å². The number of halogens is 2. The molecule has 4 nitrogen and oxygen atoms in total. The average Bonchev–Trinajstić information content (AvgIpc) is 2.41. The third-order valence-corrected chi connectivity index (χ3v) is 4.94. The van der Waals surface area contributed by atoms with Crippen molar-refractivity contribution in [1.29, 1.82) is 0 Å². The van der Waals surface area contributed by atoms with Crippen LogP contribution in [0.3, 0.4) is 0 Å². The van der Waals surface area contributed by atoms with Crippen LogP contribution in [-0.4, -0.2) is 23.0 Å². The van der Waals surface area contributed by atoms with E-state index in [4.69, 9.17) is 0 Å². The van der Waals surface area contributed by atoms with Gasteiger partial charge in [0.15, 0.2) is 0 Å². The molecule has 2 atom stereocenters. The Morgan fingerprint density at radius 3 is 2.70 bits per heavy atom. The highest BCUT2D eigenvalue weighted by atomic mass is 127. The molecule has 1 aliphatic rings. The van der Waals surface area contributed by atoms with Crippen molar-refractivity contribution in [3.8, 4) is 0 Å². The normalized spacial score (nSPS) is 22.3. The van der Waals surface area contributed by atoms with Gasteiger partial charge in [-0.05, 0) is 69.6 Å². The largest absolute Gasteiger partial charge is 0.481 e. The van der Waals surface area contributed by atoms with Gasteiger partial charge in [0.25, 0.3) is 5.91 Å². The monoisotopic (exact) mass is 451 g/mol. The molecule has 1 fully saturated rings. The second-order valence-corrected chi connectivity index (χ2v) is 7.03.